The molecular formula is C13H27NO3S. The summed E-state index contributed by atoms with van der Waals surface area (Å²) < 4.78 is 26.7. The van der Waals surface area contributed by atoms with Gasteiger partial charge in [0, 0.05) is 12.6 Å². The lowest BCUT2D eigenvalue weighted by Gasteiger charge is -2.30. The Morgan fingerprint density at radius 3 is 2.44 bits per heavy atom. The molecule has 108 valence electrons. The van der Waals surface area contributed by atoms with Crippen LogP contribution in [0.2, 0.25) is 0 Å². The molecule has 4 nitrogen and oxygen atoms in total. The van der Waals surface area contributed by atoms with Crippen LogP contribution in [0.5, 0.6) is 0 Å². The largest absolute Gasteiger partial charge is 0.396 e. The minimum Gasteiger partial charge on any atom is -0.396 e. The van der Waals surface area contributed by atoms with Crippen LogP contribution in [0, 0.1) is 5.92 Å². The summed E-state index contributed by atoms with van der Waals surface area (Å²) in [6.45, 7) is 2.12. The smallest absolute Gasteiger partial charge is 0.211 e. The molecule has 0 aliphatic heterocycles. The van der Waals surface area contributed by atoms with E-state index in [1.165, 1.54) is 19.3 Å². The molecule has 1 unspecified atom stereocenters. The molecule has 1 aliphatic rings. The molecule has 1 aliphatic carbocycles. The molecule has 1 fully saturated rings. The third-order valence-corrected chi connectivity index (χ3v) is 5.30. The molecule has 2 N–H and O–H groups in total. The first kappa shape index (κ1) is 15.9. The topological polar surface area (TPSA) is 66.4 Å². The first-order valence-electron chi connectivity index (χ1n) is 7.20. The summed E-state index contributed by atoms with van der Waals surface area (Å²) in [4.78, 5) is 0. The van der Waals surface area contributed by atoms with Crippen molar-refractivity contribution in [2.24, 2.45) is 5.92 Å². The molecule has 0 amide bonds. The molecule has 1 atom stereocenters. The van der Waals surface area contributed by atoms with Crippen molar-refractivity contribution in [1.82, 2.24) is 4.72 Å². The van der Waals surface area contributed by atoms with Gasteiger partial charge in [-0.15, -0.1) is 0 Å². The van der Waals surface area contributed by atoms with E-state index in [0.717, 1.165) is 19.3 Å². The molecular weight excluding hydrogens is 250 g/mol. The standard InChI is InChI=1S/C13H27NO3S/c1-2-13(12-8-4-3-5-9-12)14-18(16,17)11-7-6-10-15/h12-15H,2-11H2,1H3. The number of nitrogens with one attached hydrogen (secondary N) is 1. The number of unbranched alkanes of at least 4 members (excludes halogenated alkanes) is 1. The minimum atomic E-state index is -3.18. The van der Waals surface area contributed by atoms with E-state index >= 15 is 0 Å². The van der Waals surface area contributed by atoms with Crippen molar-refractivity contribution in [3.05, 3.63) is 0 Å². The summed E-state index contributed by atoms with van der Waals surface area (Å²) in [5, 5.41) is 8.68. The van der Waals surface area contributed by atoms with Crippen LogP contribution in [0.4, 0.5) is 0 Å². The van der Waals surface area contributed by atoms with E-state index in [1.54, 1.807) is 0 Å². The van der Waals surface area contributed by atoms with E-state index in [1.807, 2.05) is 0 Å². The zero-order valence-corrected chi connectivity index (χ0v) is 12.2. The summed E-state index contributed by atoms with van der Waals surface area (Å²) in [5.41, 5.74) is 0. The second kappa shape index (κ2) is 8.12. The molecule has 0 bridgehead atoms. The van der Waals surface area contributed by atoms with Crippen LogP contribution >= 0.6 is 0 Å². The highest BCUT2D eigenvalue weighted by molar-refractivity contribution is 7.89. The predicted molar refractivity (Wildman–Crippen MR) is 73.9 cm³/mol. The molecule has 0 spiro atoms. The Morgan fingerprint density at radius 2 is 1.89 bits per heavy atom. The monoisotopic (exact) mass is 277 g/mol. The average Bonchev–Trinajstić information content (AvgIpc) is 2.37. The van der Waals surface area contributed by atoms with Gasteiger partial charge in [0.15, 0.2) is 0 Å². The molecule has 0 aromatic heterocycles. The van der Waals surface area contributed by atoms with Gasteiger partial charge in [-0.1, -0.05) is 26.2 Å². The number of hydrogen-bond acceptors (Lipinski definition) is 3. The van der Waals surface area contributed by atoms with Crippen LogP contribution in [0.25, 0.3) is 0 Å². The molecule has 0 aromatic rings. The van der Waals surface area contributed by atoms with Gasteiger partial charge < -0.3 is 5.11 Å². The van der Waals surface area contributed by atoms with E-state index in [4.69, 9.17) is 5.11 Å². The number of rotatable bonds is 8. The third kappa shape index (κ3) is 5.67. The van der Waals surface area contributed by atoms with Gasteiger partial charge in [0.2, 0.25) is 10.0 Å². The molecule has 18 heavy (non-hydrogen) atoms. The van der Waals surface area contributed by atoms with Gasteiger partial charge in [-0.05, 0) is 38.0 Å². The van der Waals surface area contributed by atoms with E-state index in [9.17, 15) is 8.42 Å². The normalized spacial score (nSPS) is 19.9. The maximum Gasteiger partial charge on any atom is 0.211 e. The lowest BCUT2D eigenvalue weighted by molar-refractivity contribution is 0.283. The van der Waals surface area contributed by atoms with Crippen molar-refractivity contribution in [2.45, 2.75) is 64.3 Å². The first-order valence-corrected chi connectivity index (χ1v) is 8.85. The van der Waals surface area contributed by atoms with Gasteiger partial charge in [0.25, 0.3) is 0 Å². The number of aliphatic hydroxyl groups excluding tert-OH is 1. The highest BCUT2D eigenvalue weighted by Crippen LogP contribution is 2.28. The number of sulfonamides is 1. The van der Waals surface area contributed by atoms with Crippen molar-refractivity contribution in [2.75, 3.05) is 12.4 Å². The molecule has 0 saturated heterocycles. The van der Waals surface area contributed by atoms with Gasteiger partial charge in [-0.2, -0.15) is 0 Å². The van der Waals surface area contributed by atoms with Gasteiger partial charge in [0.05, 0.1) is 5.75 Å². The van der Waals surface area contributed by atoms with Gasteiger partial charge in [-0.25, -0.2) is 13.1 Å². The Labute approximate surface area is 111 Å². The number of aliphatic hydroxyl groups is 1. The zero-order valence-electron chi connectivity index (χ0n) is 11.4. The number of hydrogen-bond donors (Lipinski definition) is 2. The van der Waals surface area contributed by atoms with Crippen LogP contribution in [0.3, 0.4) is 0 Å². The summed E-state index contributed by atoms with van der Waals surface area (Å²) in [7, 11) is -3.18. The highest BCUT2D eigenvalue weighted by atomic mass is 32.2. The average molecular weight is 277 g/mol. The summed E-state index contributed by atoms with van der Waals surface area (Å²) in [6.07, 6.45) is 8.00. The Morgan fingerprint density at radius 1 is 1.22 bits per heavy atom. The van der Waals surface area contributed by atoms with Crippen molar-refractivity contribution >= 4 is 10.0 Å². The maximum absolute atomic E-state index is 11.9. The van der Waals surface area contributed by atoms with Crippen molar-refractivity contribution in [1.29, 1.82) is 0 Å². The van der Waals surface area contributed by atoms with Crippen LogP contribution in [0.1, 0.15) is 58.3 Å². The second-order valence-electron chi connectivity index (χ2n) is 5.28. The molecule has 0 aromatic carbocycles. The Balaban J connectivity index is 2.45. The van der Waals surface area contributed by atoms with Crippen molar-refractivity contribution in [3.63, 3.8) is 0 Å². The Kier molecular flexibility index (Phi) is 7.19. The van der Waals surface area contributed by atoms with Gasteiger partial charge in [-0.3, -0.25) is 0 Å². The van der Waals surface area contributed by atoms with Gasteiger partial charge in [0.1, 0.15) is 0 Å². The fourth-order valence-electron chi connectivity index (χ4n) is 2.74. The summed E-state index contributed by atoms with van der Waals surface area (Å²) >= 11 is 0. The van der Waals surface area contributed by atoms with E-state index in [-0.39, 0.29) is 18.4 Å². The molecule has 0 radical (unpaired) electrons. The van der Waals surface area contributed by atoms with Crippen LogP contribution in [-0.2, 0) is 10.0 Å². The van der Waals surface area contributed by atoms with E-state index in [2.05, 4.69) is 11.6 Å². The fourth-order valence-corrected chi connectivity index (χ4v) is 4.27. The Hall–Kier alpha value is -0.130. The van der Waals surface area contributed by atoms with E-state index < -0.39 is 10.0 Å². The molecule has 1 saturated carbocycles. The maximum atomic E-state index is 11.9. The lowest BCUT2D eigenvalue weighted by Crippen LogP contribution is -2.41. The second-order valence-corrected chi connectivity index (χ2v) is 7.15. The minimum absolute atomic E-state index is 0.0648. The lowest BCUT2D eigenvalue weighted by atomic mass is 9.83. The quantitative estimate of drug-likeness (QED) is 0.667. The van der Waals surface area contributed by atoms with Crippen LogP contribution in [0.15, 0.2) is 0 Å². The van der Waals surface area contributed by atoms with Crippen LogP contribution < -0.4 is 4.72 Å². The SMILES string of the molecule is CCC(NS(=O)(=O)CCCCO)C1CCCCC1. The first-order chi connectivity index (χ1) is 8.59. The van der Waals surface area contributed by atoms with Gasteiger partial charge >= 0.3 is 0 Å². The Bertz CT molecular complexity index is 310. The molecule has 0 heterocycles. The highest BCUT2D eigenvalue weighted by Gasteiger charge is 2.25. The summed E-state index contributed by atoms with van der Waals surface area (Å²) in [5.74, 6) is 0.646. The fraction of sp³-hybridized carbons (Fsp3) is 1.00. The van der Waals surface area contributed by atoms with Crippen molar-refractivity contribution < 1.29 is 13.5 Å². The molecule has 5 heteroatoms. The predicted octanol–water partition coefficient (Wildman–Crippen LogP) is 2.04. The zero-order chi connectivity index (χ0) is 13.4. The van der Waals surface area contributed by atoms with E-state index in [0.29, 0.717) is 18.8 Å². The summed E-state index contributed by atoms with van der Waals surface area (Å²) in [6, 6.07) is 0.101. The van der Waals surface area contributed by atoms with Crippen molar-refractivity contribution in [3.8, 4) is 0 Å². The third-order valence-electron chi connectivity index (χ3n) is 3.81. The van der Waals surface area contributed by atoms with Crippen LogP contribution in [-0.4, -0.2) is 31.9 Å². The molecule has 1 rings (SSSR count).